The molecule has 1 rings (SSSR count). The van der Waals surface area contributed by atoms with Crippen molar-refractivity contribution in [2.45, 2.75) is 13.8 Å². The van der Waals surface area contributed by atoms with E-state index in [1.54, 1.807) is 11.0 Å². The summed E-state index contributed by atoms with van der Waals surface area (Å²) in [6, 6.07) is 4.45. The Morgan fingerprint density at radius 1 is 1.35 bits per heavy atom. The highest BCUT2D eigenvalue weighted by Gasteiger charge is 2.18. The average Bonchev–Trinajstić information content (AvgIpc) is 2.29. The van der Waals surface area contributed by atoms with E-state index in [1.165, 1.54) is 12.1 Å². The van der Waals surface area contributed by atoms with E-state index in [0.29, 0.717) is 18.7 Å². The fourth-order valence-electron chi connectivity index (χ4n) is 1.56. The lowest BCUT2D eigenvalue weighted by Crippen LogP contribution is -2.33. The van der Waals surface area contributed by atoms with Gasteiger partial charge in [-0.2, -0.15) is 0 Å². The predicted octanol–water partition coefficient (Wildman–Crippen LogP) is 0.502. The van der Waals surface area contributed by atoms with Crippen molar-refractivity contribution in [3.05, 3.63) is 28.8 Å². The molecule has 0 bridgehead atoms. The number of benzene rings is 1. The van der Waals surface area contributed by atoms with Crippen LogP contribution in [0.1, 0.15) is 24.2 Å². The summed E-state index contributed by atoms with van der Waals surface area (Å²) in [6.07, 6.45) is 0. The Hall–Kier alpha value is -1.04. The normalized spacial score (nSPS) is 10.2. The first-order chi connectivity index (χ1) is 8.01. The van der Waals surface area contributed by atoms with Gasteiger partial charge in [0, 0.05) is 29.1 Å². The number of hydrogen-bond donors (Lipinski definition) is 2. The van der Waals surface area contributed by atoms with E-state index in [4.69, 9.17) is 21.6 Å². The maximum Gasteiger partial charge on any atom is 0.489 e. The molecule has 0 aliphatic heterocycles. The number of nitrogens with zero attached hydrogens (tertiary/aromatic N) is 1. The summed E-state index contributed by atoms with van der Waals surface area (Å²) >= 11 is 5.87. The molecule has 1 amide bonds. The molecule has 92 valence electrons. The molecule has 0 atom stereocenters. The molecule has 0 saturated carbocycles. The van der Waals surface area contributed by atoms with E-state index in [9.17, 15) is 4.79 Å². The second-order valence-electron chi connectivity index (χ2n) is 3.59. The first-order valence-electron chi connectivity index (χ1n) is 5.46. The van der Waals surface area contributed by atoms with Gasteiger partial charge in [0.15, 0.2) is 0 Å². The van der Waals surface area contributed by atoms with Gasteiger partial charge in [0.2, 0.25) is 0 Å². The Morgan fingerprint density at radius 3 is 2.35 bits per heavy atom. The molecule has 4 nitrogen and oxygen atoms in total. The number of hydrogen-bond acceptors (Lipinski definition) is 3. The number of carbonyl (C=O) groups is 1. The molecule has 0 spiro atoms. The summed E-state index contributed by atoms with van der Waals surface area (Å²) in [5, 5.41) is 18.2. The van der Waals surface area contributed by atoms with E-state index < -0.39 is 7.12 Å². The standard InChI is InChI=1S/C11H15BClNO3/c1-3-14(4-2)11(15)8-5-6-9(12(16)17)10(13)7-8/h5-7,16-17H,3-4H2,1-2H3. The molecule has 1 aromatic carbocycles. The van der Waals surface area contributed by atoms with Crippen LogP contribution in [0.5, 0.6) is 0 Å². The van der Waals surface area contributed by atoms with Crippen molar-refractivity contribution in [1.29, 1.82) is 0 Å². The third kappa shape index (κ3) is 3.22. The molecule has 0 radical (unpaired) electrons. The largest absolute Gasteiger partial charge is 0.489 e. The third-order valence-electron chi connectivity index (χ3n) is 2.58. The topological polar surface area (TPSA) is 60.8 Å². The van der Waals surface area contributed by atoms with Gasteiger partial charge in [-0.1, -0.05) is 17.7 Å². The molecule has 0 unspecified atom stereocenters. The smallest absolute Gasteiger partial charge is 0.423 e. The highest BCUT2D eigenvalue weighted by atomic mass is 35.5. The van der Waals surface area contributed by atoms with Crippen molar-refractivity contribution in [2.75, 3.05) is 13.1 Å². The zero-order valence-electron chi connectivity index (χ0n) is 9.85. The molecule has 1 aromatic rings. The molecule has 0 heterocycles. The quantitative estimate of drug-likeness (QED) is 0.771. The third-order valence-corrected chi connectivity index (χ3v) is 2.90. The van der Waals surface area contributed by atoms with Gasteiger partial charge in [0.1, 0.15) is 0 Å². The zero-order chi connectivity index (χ0) is 13.0. The fourth-order valence-corrected chi connectivity index (χ4v) is 1.84. The van der Waals surface area contributed by atoms with Crippen LogP contribution in [0.3, 0.4) is 0 Å². The summed E-state index contributed by atoms with van der Waals surface area (Å²) in [7, 11) is -1.62. The van der Waals surface area contributed by atoms with E-state index in [-0.39, 0.29) is 16.4 Å². The zero-order valence-corrected chi connectivity index (χ0v) is 10.6. The predicted molar refractivity (Wildman–Crippen MR) is 68.5 cm³/mol. The molecule has 0 saturated heterocycles. The molecule has 0 aliphatic carbocycles. The van der Waals surface area contributed by atoms with E-state index in [2.05, 4.69) is 0 Å². The number of rotatable bonds is 4. The summed E-state index contributed by atoms with van der Waals surface area (Å²) in [4.78, 5) is 13.6. The monoisotopic (exact) mass is 255 g/mol. The van der Waals surface area contributed by atoms with Gasteiger partial charge in [-0.3, -0.25) is 4.79 Å². The lowest BCUT2D eigenvalue weighted by Gasteiger charge is -2.19. The molecule has 0 fully saturated rings. The Kier molecular flexibility index (Phi) is 4.99. The Labute approximate surface area is 106 Å². The number of amides is 1. The minimum atomic E-state index is -1.62. The van der Waals surface area contributed by atoms with E-state index in [0.717, 1.165) is 0 Å². The lowest BCUT2D eigenvalue weighted by atomic mass is 9.80. The van der Waals surface area contributed by atoms with E-state index in [1.807, 2.05) is 13.8 Å². The summed E-state index contributed by atoms with van der Waals surface area (Å²) in [5.41, 5.74) is 0.644. The van der Waals surface area contributed by atoms with Crippen molar-refractivity contribution in [1.82, 2.24) is 4.90 Å². The van der Waals surface area contributed by atoms with Crippen LogP contribution in [-0.2, 0) is 0 Å². The second-order valence-corrected chi connectivity index (χ2v) is 3.99. The van der Waals surface area contributed by atoms with Gasteiger partial charge in [-0.25, -0.2) is 0 Å². The molecule has 6 heteroatoms. The van der Waals surface area contributed by atoms with Gasteiger partial charge in [-0.05, 0) is 26.0 Å². The first-order valence-corrected chi connectivity index (χ1v) is 5.83. The first kappa shape index (κ1) is 14.0. The van der Waals surface area contributed by atoms with Crippen LogP contribution in [0.4, 0.5) is 0 Å². The summed E-state index contributed by atoms with van der Waals surface area (Å²) < 4.78 is 0. The number of carbonyl (C=O) groups excluding carboxylic acids is 1. The van der Waals surface area contributed by atoms with Crippen LogP contribution in [-0.4, -0.2) is 41.1 Å². The second kappa shape index (κ2) is 6.05. The van der Waals surface area contributed by atoms with Crippen molar-refractivity contribution in [3.63, 3.8) is 0 Å². The van der Waals surface area contributed by atoms with Crippen molar-refractivity contribution in [2.24, 2.45) is 0 Å². The Morgan fingerprint density at radius 2 is 1.94 bits per heavy atom. The SMILES string of the molecule is CCN(CC)C(=O)c1ccc(B(O)O)c(Cl)c1. The van der Waals surface area contributed by atoms with E-state index >= 15 is 0 Å². The highest BCUT2D eigenvalue weighted by Crippen LogP contribution is 2.11. The lowest BCUT2D eigenvalue weighted by molar-refractivity contribution is 0.0773. The van der Waals surface area contributed by atoms with Crippen LogP contribution >= 0.6 is 11.6 Å². The van der Waals surface area contributed by atoms with Gasteiger partial charge in [-0.15, -0.1) is 0 Å². The maximum absolute atomic E-state index is 12.0. The molecule has 0 aromatic heterocycles. The molecule has 0 aliphatic rings. The van der Waals surface area contributed by atoms with Gasteiger partial charge in [0.05, 0.1) is 0 Å². The van der Waals surface area contributed by atoms with Gasteiger partial charge < -0.3 is 14.9 Å². The van der Waals surface area contributed by atoms with Gasteiger partial charge in [0.25, 0.3) is 5.91 Å². The highest BCUT2D eigenvalue weighted by molar-refractivity contribution is 6.62. The van der Waals surface area contributed by atoms with Crippen molar-refractivity contribution >= 4 is 30.1 Å². The minimum absolute atomic E-state index is 0.115. The number of halogens is 1. The minimum Gasteiger partial charge on any atom is -0.423 e. The Bertz CT molecular complexity index is 408. The van der Waals surface area contributed by atoms with Crippen molar-refractivity contribution < 1.29 is 14.8 Å². The average molecular weight is 256 g/mol. The van der Waals surface area contributed by atoms with Crippen LogP contribution in [0, 0.1) is 0 Å². The van der Waals surface area contributed by atoms with Crippen LogP contribution in [0.2, 0.25) is 5.02 Å². The summed E-state index contributed by atoms with van der Waals surface area (Å²) in [5.74, 6) is -0.115. The van der Waals surface area contributed by atoms with Crippen LogP contribution in [0.15, 0.2) is 18.2 Å². The molecule has 17 heavy (non-hydrogen) atoms. The Balaban J connectivity index is 3.01. The van der Waals surface area contributed by atoms with Crippen molar-refractivity contribution in [3.8, 4) is 0 Å². The maximum atomic E-state index is 12.0. The fraction of sp³-hybridized carbons (Fsp3) is 0.364. The van der Waals surface area contributed by atoms with Crippen LogP contribution in [0.25, 0.3) is 0 Å². The van der Waals surface area contributed by atoms with Gasteiger partial charge >= 0.3 is 7.12 Å². The molecular weight excluding hydrogens is 240 g/mol. The molecule has 2 N–H and O–H groups in total. The molecular formula is C11H15BClNO3. The summed E-state index contributed by atoms with van der Waals surface area (Å²) in [6.45, 7) is 5.04. The van der Waals surface area contributed by atoms with Crippen LogP contribution < -0.4 is 5.46 Å².